The minimum Gasteiger partial charge on any atom is -0.469 e. The molecule has 1 aromatic heterocycles. The van der Waals surface area contributed by atoms with Gasteiger partial charge in [0.25, 0.3) is 0 Å². The minimum atomic E-state index is -0.213. The number of nitrogens with one attached hydrogen (secondary N) is 2. The number of hydrogen-bond donors (Lipinski definition) is 2. The second-order valence-corrected chi connectivity index (χ2v) is 5.68. The van der Waals surface area contributed by atoms with Crippen LogP contribution in [0.5, 0.6) is 0 Å². The van der Waals surface area contributed by atoms with Crippen LogP contribution in [0.15, 0.2) is 64.2 Å². The number of nitrogens with zero attached hydrogens (tertiary/aromatic N) is 1. The molecule has 2 N–H and O–H groups in total. The van der Waals surface area contributed by atoms with E-state index in [4.69, 9.17) is 4.42 Å². The van der Waals surface area contributed by atoms with E-state index in [1.165, 1.54) is 12.1 Å². The predicted octanol–water partition coefficient (Wildman–Crippen LogP) is 3.93. The van der Waals surface area contributed by atoms with Gasteiger partial charge in [-0.25, -0.2) is 9.38 Å². The lowest BCUT2D eigenvalue weighted by atomic mass is 10.1. The van der Waals surface area contributed by atoms with Crippen molar-refractivity contribution in [2.75, 3.05) is 19.6 Å². The van der Waals surface area contributed by atoms with Crippen LogP contribution in [0.4, 0.5) is 4.39 Å². The number of rotatable bonds is 8. The van der Waals surface area contributed by atoms with Crippen molar-refractivity contribution in [3.63, 3.8) is 0 Å². The summed E-state index contributed by atoms with van der Waals surface area (Å²) < 4.78 is 18.2. The average Bonchev–Trinajstić information content (AvgIpc) is 3.07. The Morgan fingerprint density at radius 2 is 1.80 bits per heavy atom. The molecule has 0 radical (unpaired) electrons. The highest BCUT2D eigenvalue weighted by Gasteiger charge is 2.01. The number of halogens is 2. The molecule has 2 aromatic rings. The summed E-state index contributed by atoms with van der Waals surface area (Å²) in [6, 6.07) is 10.4. The Labute approximate surface area is 165 Å². The van der Waals surface area contributed by atoms with Gasteiger partial charge >= 0.3 is 0 Å². The van der Waals surface area contributed by atoms with Crippen molar-refractivity contribution >= 4 is 29.9 Å². The van der Waals surface area contributed by atoms with Crippen molar-refractivity contribution in [1.82, 2.24) is 10.6 Å². The van der Waals surface area contributed by atoms with Crippen LogP contribution in [-0.2, 0) is 12.8 Å². The lowest BCUT2D eigenvalue weighted by molar-refractivity contribution is 0.507. The highest BCUT2D eigenvalue weighted by molar-refractivity contribution is 14.0. The molecule has 136 valence electrons. The highest BCUT2D eigenvalue weighted by Crippen LogP contribution is 2.03. The quantitative estimate of drug-likeness (QED) is 0.273. The molecule has 0 bridgehead atoms. The molecule has 0 spiro atoms. The van der Waals surface area contributed by atoms with Gasteiger partial charge in [0.1, 0.15) is 11.6 Å². The molecule has 0 aliphatic rings. The van der Waals surface area contributed by atoms with Crippen LogP contribution in [0.3, 0.4) is 0 Å². The summed E-state index contributed by atoms with van der Waals surface area (Å²) in [6.07, 6.45) is 3.26. The Bertz CT molecular complexity index is 654. The molecule has 1 heterocycles. The number of aliphatic imine (C=N–C) groups is 1. The molecule has 0 fully saturated rings. The van der Waals surface area contributed by atoms with Crippen molar-refractivity contribution in [2.45, 2.75) is 19.8 Å². The Hall–Kier alpha value is -1.83. The first-order chi connectivity index (χ1) is 11.6. The van der Waals surface area contributed by atoms with Crippen molar-refractivity contribution in [2.24, 2.45) is 4.99 Å². The van der Waals surface area contributed by atoms with E-state index >= 15 is 0 Å². The zero-order valence-electron chi connectivity index (χ0n) is 14.4. The molecule has 0 unspecified atom stereocenters. The molecular weight excluding hydrogens is 432 g/mol. The molecule has 0 aliphatic heterocycles. The van der Waals surface area contributed by atoms with Gasteiger partial charge in [0.2, 0.25) is 0 Å². The van der Waals surface area contributed by atoms with E-state index in [0.717, 1.165) is 42.2 Å². The average molecular weight is 457 g/mol. The molecule has 25 heavy (non-hydrogen) atoms. The Balaban J connectivity index is 0.00000312. The third-order valence-corrected chi connectivity index (χ3v) is 3.37. The number of furan rings is 1. The van der Waals surface area contributed by atoms with Gasteiger partial charge in [-0.2, -0.15) is 0 Å². The zero-order valence-corrected chi connectivity index (χ0v) is 16.8. The predicted molar refractivity (Wildman–Crippen MR) is 111 cm³/mol. The van der Waals surface area contributed by atoms with Crippen molar-refractivity contribution < 1.29 is 8.81 Å². The normalized spacial score (nSPS) is 10.9. The third kappa shape index (κ3) is 8.72. The summed E-state index contributed by atoms with van der Waals surface area (Å²) in [5, 5.41) is 6.58. The molecule has 0 saturated heterocycles. The van der Waals surface area contributed by atoms with Crippen LogP contribution >= 0.6 is 24.0 Å². The topological polar surface area (TPSA) is 49.6 Å². The Morgan fingerprint density at radius 1 is 1.12 bits per heavy atom. The maximum atomic E-state index is 12.9. The number of guanidine groups is 1. The van der Waals surface area contributed by atoms with Crippen LogP contribution in [0.1, 0.15) is 18.2 Å². The fourth-order valence-electron chi connectivity index (χ4n) is 2.12. The van der Waals surface area contributed by atoms with Gasteiger partial charge in [0.05, 0.1) is 12.8 Å². The van der Waals surface area contributed by atoms with E-state index in [9.17, 15) is 4.39 Å². The van der Waals surface area contributed by atoms with Crippen LogP contribution in [-0.4, -0.2) is 25.6 Å². The lowest BCUT2D eigenvalue weighted by Crippen LogP contribution is -2.39. The van der Waals surface area contributed by atoms with Crippen LogP contribution in [0, 0.1) is 5.82 Å². The molecule has 2 rings (SSSR count). The highest BCUT2D eigenvalue weighted by atomic mass is 127. The van der Waals surface area contributed by atoms with Crippen molar-refractivity contribution in [3.05, 3.63) is 72.0 Å². The first kappa shape index (κ1) is 21.2. The van der Waals surface area contributed by atoms with Gasteiger partial charge in [-0.05, 0) is 43.2 Å². The van der Waals surface area contributed by atoms with E-state index in [2.05, 4.69) is 22.2 Å². The summed E-state index contributed by atoms with van der Waals surface area (Å²) in [4.78, 5) is 4.49. The SMILES string of the molecule is C=C(C)CN=C(NCCc1ccc(F)cc1)NCCc1ccco1.I. The van der Waals surface area contributed by atoms with E-state index in [-0.39, 0.29) is 29.8 Å². The molecule has 0 atom stereocenters. The molecule has 0 aliphatic carbocycles. The number of hydrogen-bond acceptors (Lipinski definition) is 2. The first-order valence-electron chi connectivity index (χ1n) is 8.07. The van der Waals surface area contributed by atoms with Gasteiger partial charge < -0.3 is 15.1 Å². The van der Waals surface area contributed by atoms with Crippen molar-refractivity contribution in [1.29, 1.82) is 0 Å². The minimum absolute atomic E-state index is 0. The van der Waals surface area contributed by atoms with Gasteiger partial charge in [-0.3, -0.25) is 0 Å². The molecule has 6 heteroatoms. The van der Waals surface area contributed by atoms with Gasteiger partial charge in [0.15, 0.2) is 5.96 Å². The molecule has 0 amide bonds. The fraction of sp³-hybridized carbons (Fsp3) is 0.316. The maximum Gasteiger partial charge on any atom is 0.191 e. The monoisotopic (exact) mass is 457 g/mol. The largest absolute Gasteiger partial charge is 0.469 e. The van der Waals surface area contributed by atoms with E-state index in [1.54, 1.807) is 18.4 Å². The Kier molecular flexibility index (Phi) is 9.91. The fourth-order valence-corrected chi connectivity index (χ4v) is 2.12. The van der Waals surface area contributed by atoms with E-state index in [0.29, 0.717) is 13.1 Å². The Morgan fingerprint density at radius 3 is 2.40 bits per heavy atom. The summed E-state index contributed by atoms with van der Waals surface area (Å²) in [5.41, 5.74) is 2.08. The van der Waals surface area contributed by atoms with Gasteiger partial charge in [-0.1, -0.05) is 24.3 Å². The molecule has 4 nitrogen and oxygen atoms in total. The van der Waals surface area contributed by atoms with Gasteiger partial charge in [-0.15, -0.1) is 24.0 Å². The second kappa shape index (κ2) is 11.7. The number of benzene rings is 1. The van der Waals surface area contributed by atoms with E-state index in [1.807, 2.05) is 19.1 Å². The summed E-state index contributed by atoms with van der Waals surface area (Å²) in [7, 11) is 0. The molecule has 0 saturated carbocycles. The van der Waals surface area contributed by atoms with Crippen LogP contribution in [0.25, 0.3) is 0 Å². The van der Waals surface area contributed by atoms with Gasteiger partial charge in [0, 0.05) is 19.5 Å². The van der Waals surface area contributed by atoms with Crippen LogP contribution < -0.4 is 10.6 Å². The molecule has 1 aromatic carbocycles. The maximum absolute atomic E-state index is 12.9. The van der Waals surface area contributed by atoms with Crippen molar-refractivity contribution in [3.8, 4) is 0 Å². The third-order valence-electron chi connectivity index (χ3n) is 3.37. The smallest absolute Gasteiger partial charge is 0.191 e. The summed E-state index contributed by atoms with van der Waals surface area (Å²) in [5.74, 6) is 1.47. The summed E-state index contributed by atoms with van der Waals surface area (Å²) >= 11 is 0. The standard InChI is InChI=1S/C19H24FN3O.HI/c1-15(2)14-23-19(22-12-10-18-4-3-13-24-18)21-11-9-16-5-7-17(20)8-6-16;/h3-8,13H,1,9-12,14H2,2H3,(H2,21,22,23);1H. The summed E-state index contributed by atoms with van der Waals surface area (Å²) in [6.45, 7) is 7.84. The van der Waals surface area contributed by atoms with Crippen LogP contribution in [0.2, 0.25) is 0 Å². The second-order valence-electron chi connectivity index (χ2n) is 5.68. The van der Waals surface area contributed by atoms with E-state index < -0.39 is 0 Å². The molecular formula is C19H25FIN3O. The first-order valence-corrected chi connectivity index (χ1v) is 8.07. The lowest BCUT2D eigenvalue weighted by Gasteiger charge is -2.12. The zero-order chi connectivity index (χ0) is 17.2.